The summed E-state index contributed by atoms with van der Waals surface area (Å²) in [6.07, 6.45) is 2.21. The maximum atomic E-state index is 12.2. The third-order valence-corrected chi connectivity index (χ3v) is 4.13. The van der Waals surface area contributed by atoms with Crippen LogP contribution in [0.15, 0.2) is 36.0 Å². The van der Waals surface area contributed by atoms with E-state index in [0.29, 0.717) is 11.8 Å². The molecule has 1 heterocycles. The molecule has 0 aromatic heterocycles. The molecule has 3 nitrogen and oxygen atoms in total. The second-order valence-electron chi connectivity index (χ2n) is 7.15. The first kappa shape index (κ1) is 27.3. The van der Waals surface area contributed by atoms with Crippen molar-refractivity contribution in [1.29, 1.82) is 0 Å². The molecule has 0 radical (unpaired) electrons. The van der Waals surface area contributed by atoms with Crippen molar-refractivity contribution in [2.75, 3.05) is 18.4 Å². The van der Waals surface area contributed by atoms with Crippen LogP contribution in [0.5, 0.6) is 5.75 Å². The van der Waals surface area contributed by atoms with E-state index in [1.54, 1.807) is 12.1 Å². The van der Waals surface area contributed by atoms with Gasteiger partial charge in [0, 0.05) is 11.4 Å². The normalized spacial score (nSPS) is 15.0. The number of rotatable bonds is 6. The molecular weight excluding hydrogens is 377 g/mol. The molecule has 0 atom stereocenters. The fourth-order valence-corrected chi connectivity index (χ4v) is 2.75. The molecule has 6 heteroatoms. The largest absolute Gasteiger partial charge is 0.573 e. The molecule has 1 aliphatic rings. The molecule has 168 valence electrons. The highest BCUT2D eigenvalue weighted by atomic mass is 19.4. The van der Waals surface area contributed by atoms with E-state index in [4.69, 9.17) is 0 Å². The lowest BCUT2D eigenvalue weighted by atomic mass is 9.93. The van der Waals surface area contributed by atoms with Crippen LogP contribution in [0.3, 0.4) is 0 Å². The van der Waals surface area contributed by atoms with Crippen molar-refractivity contribution in [2.24, 2.45) is 11.8 Å². The Hall–Kier alpha value is -1.69. The Kier molecular flexibility index (Phi) is 14.3. The molecule has 1 saturated heterocycles. The Labute approximate surface area is 175 Å². The molecule has 0 saturated carbocycles. The minimum Gasteiger partial charge on any atom is -0.406 e. The number of anilines is 1. The number of allylic oxidation sites excluding steroid dienone is 2. The quantitative estimate of drug-likeness (QED) is 0.508. The van der Waals surface area contributed by atoms with Crippen LogP contribution < -0.4 is 15.4 Å². The zero-order valence-corrected chi connectivity index (χ0v) is 18.8. The van der Waals surface area contributed by atoms with Crippen molar-refractivity contribution < 1.29 is 17.9 Å². The van der Waals surface area contributed by atoms with Crippen molar-refractivity contribution in [2.45, 2.75) is 73.6 Å². The predicted molar refractivity (Wildman–Crippen MR) is 117 cm³/mol. The van der Waals surface area contributed by atoms with Crippen molar-refractivity contribution >= 4 is 5.69 Å². The number of alkyl halides is 3. The van der Waals surface area contributed by atoms with Crippen LogP contribution in [0.25, 0.3) is 0 Å². The van der Waals surface area contributed by atoms with Crippen LogP contribution in [0.1, 0.15) is 67.2 Å². The Morgan fingerprint density at radius 2 is 1.66 bits per heavy atom. The summed E-state index contributed by atoms with van der Waals surface area (Å²) in [6.45, 7) is 14.6. The van der Waals surface area contributed by atoms with Gasteiger partial charge in [-0.05, 0) is 68.5 Å². The summed E-state index contributed by atoms with van der Waals surface area (Å²) in [5.41, 5.74) is 1.85. The Morgan fingerprint density at radius 3 is 2.10 bits per heavy atom. The molecule has 0 amide bonds. The van der Waals surface area contributed by atoms with E-state index < -0.39 is 6.36 Å². The van der Waals surface area contributed by atoms with Gasteiger partial charge in [-0.2, -0.15) is 0 Å². The molecule has 0 unspecified atom stereocenters. The van der Waals surface area contributed by atoms with Crippen molar-refractivity contribution in [1.82, 2.24) is 5.32 Å². The van der Waals surface area contributed by atoms with Gasteiger partial charge in [0.2, 0.25) is 0 Å². The molecule has 29 heavy (non-hydrogen) atoms. The molecule has 0 spiro atoms. The number of benzene rings is 1. The van der Waals surface area contributed by atoms with Gasteiger partial charge >= 0.3 is 6.36 Å². The lowest BCUT2D eigenvalue weighted by Gasteiger charge is -2.22. The summed E-state index contributed by atoms with van der Waals surface area (Å²) in [5.74, 6) is 0.806. The molecule has 0 bridgehead atoms. The van der Waals surface area contributed by atoms with Crippen molar-refractivity contribution in [3.05, 3.63) is 36.0 Å². The number of hydrogen-bond donors (Lipinski definition) is 2. The number of halogens is 3. The van der Waals surface area contributed by atoms with Crippen LogP contribution in [-0.4, -0.2) is 19.5 Å². The average molecular weight is 417 g/mol. The smallest absolute Gasteiger partial charge is 0.406 e. The lowest BCUT2D eigenvalue weighted by molar-refractivity contribution is -0.274. The number of nitrogens with one attached hydrogen (secondary N) is 2. The first-order valence-corrected chi connectivity index (χ1v) is 10.8. The van der Waals surface area contributed by atoms with Crippen LogP contribution >= 0.6 is 0 Å². The standard InChI is InChI=1S/C18H25F3N2O.C3H8.C2H6/c1-13(2)17(8-3-14-9-11-22-12-10-14)23-15-4-6-16(7-5-15)24-18(19,20)21;1-3-2;1-2/h4-8,13-14,22-23H,3,9-12H2,1-2H3;3H2,1-2H3;1-2H3/b17-8-;;. The van der Waals surface area contributed by atoms with E-state index in [1.165, 1.54) is 31.4 Å². The Bertz CT molecular complexity index is 548. The number of hydrogen-bond acceptors (Lipinski definition) is 3. The van der Waals surface area contributed by atoms with Gasteiger partial charge in [-0.15, -0.1) is 13.2 Å². The topological polar surface area (TPSA) is 33.3 Å². The zero-order valence-electron chi connectivity index (χ0n) is 18.8. The highest BCUT2D eigenvalue weighted by molar-refractivity contribution is 5.50. The van der Waals surface area contributed by atoms with E-state index in [0.717, 1.165) is 30.9 Å². The molecular formula is C23H39F3N2O. The first-order chi connectivity index (χ1) is 13.7. The number of piperidine rings is 1. The van der Waals surface area contributed by atoms with Crippen LogP contribution in [0.4, 0.5) is 18.9 Å². The molecule has 2 rings (SSSR count). The Morgan fingerprint density at radius 1 is 1.14 bits per heavy atom. The van der Waals surface area contributed by atoms with Crippen LogP contribution in [0, 0.1) is 11.8 Å². The van der Waals surface area contributed by atoms with Gasteiger partial charge in [0.25, 0.3) is 0 Å². The van der Waals surface area contributed by atoms with Gasteiger partial charge in [-0.1, -0.05) is 54.0 Å². The van der Waals surface area contributed by atoms with Crippen LogP contribution in [-0.2, 0) is 0 Å². The summed E-state index contributed by atoms with van der Waals surface area (Å²) in [6, 6.07) is 5.84. The van der Waals surface area contributed by atoms with Gasteiger partial charge in [0.05, 0.1) is 0 Å². The molecule has 2 N–H and O–H groups in total. The summed E-state index contributed by atoms with van der Waals surface area (Å²) < 4.78 is 40.4. The van der Waals surface area contributed by atoms with Crippen molar-refractivity contribution in [3.63, 3.8) is 0 Å². The summed E-state index contributed by atoms with van der Waals surface area (Å²) >= 11 is 0. The summed E-state index contributed by atoms with van der Waals surface area (Å²) in [5, 5.41) is 6.67. The summed E-state index contributed by atoms with van der Waals surface area (Å²) in [7, 11) is 0. The fraction of sp³-hybridized carbons (Fsp3) is 0.652. The Balaban J connectivity index is 0.00000143. The highest BCUT2D eigenvalue weighted by Gasteiger charge is 2.30. The maximum Gasteiger partial charge on any atom is 0.573 e. The average Bonchev–Trinajstić information content (AvgIpc) is 2.68. The summed E-state index contributed by atoms with van der Waals surface area (Å²) in [4.78, 5) is 0. The van der Waals surface area contributed by atoms with Gasteiger partial charge < -0.3 is 15.4 Å². The lowest BCUT2D eigenvalue weighted by Crippen LogP contribution is -2.27. The van der Waals surface area contributed by atoms with Crippen molar-refractivity contribution in [3.8, 4) is 5.75 Å². The second kappa shape index (κ2) is 15.2. The van der Waals surface area contributed by atoms with Gasteiger partial charge in [-0.3, -0.25) is 0 Å². The minimum atomic E-state index is -4.66. The predicted octanol–water partition coefficient (Wildman–Crippen LogP) is 7.37. The second-order valence-corrected chi connectivity index (χ2v) is 7.15. The fourth-order valence-electron chi connectivity index (χ4n) is 2.75. The molecule has 1 aromatic rings. The SMILES string of the molecule is CC.CC(C)/C(=C/CC1CCNCC1)Nc1ccc(OC(F)(F)F)cc1.CCC. The first-order valence-electron chi connectivity index (χ1n) is 10.8. The third kappa shape index (κ3) is 13.2. The molecule has 0 aliphatic carbocycles. The molecule has 1 fully saturated rings. The van der Waals surface area contributed by atoms with E-state index in [9.17, 15) is 13.2 Å². The minimum absolute atomic E-state index is 0.210. The van der Waals surface area contributed by atoms with E-state index in [1.807, 2.05) is 13.8 Å². The number of ether oxygens (including phenoxy) is 1. The highest BCUT2D eigenvalue weighted by Crippen LogP contribution is 2.26. The maximum absolute atomic E-state index is 12.2. The molecule has 1 aliphatic heterocycles. The zero-order chi connectivity index (χ0) is 22.3. The monoisotopic (exact) mass is 416 g/mol. The third-order valence-electron chi connectivity index (χ3n) is 4.13. The van der Waals surface area contributed by atoms with Gasteiger partial charge in [0.15, 0.2) is 0 Å². The molecule has 1 aromatic carbocycles. The van der Waals surface area contributed by atoms with Gasteiger partial charge in [0.1, 0.15) is 5.75 Å². The van der Waals surface area contributed by atoms with E-state index >= 15 is 0 Å². The van der Waals surface area contributed by atoms with E-state index in [-0.39, 0.29) is 5.75 Å². The van der Waals surface area contributed by atoms with Crippen LogP contribution in [0.2, 0.25) is 0 Å². The van der Waals surface area contributed by atoms with E-state index in [2.05, 4.69) is 49.1 Å². The van der Waals surface area contributed by atoms with Gasteiger partial charge in [-0.25, -0.2) is 0 Å².